The Labute approximate surface area is 132 Å². The summed E-state index contributed by atoms with van der Waals surface area (Å²) < 4.78 is 1.65. The molecule has 0 radical (unpaired) electrons. The highest BCUT2D eigenvalue weighted by atomic mass is 16.6. The van der Waals surface area contributed by atoms with Crippen molar-refractivity contribution in [2.24, 2.45) is 7.05 Å². The molecule has 3 heterocycles. The largest absolute Gasteiger partial charge is 0.353 e. The quantitative estimate of drug-likeness (QED) is 0.672. The van der Waals surface area contributed by atoms with Crippen LogP contribution in [0.25, 0.3) is 0 Å². The predicted octanol–water partition coefficient (Wildman–Crippen LogP) is 1.25. The first-order valence-corrected chi connectivity index (χ1v) is 7.15. The van der Waals surface area contributed by atoms with Crippen molar-refractivity contribution >= 4 is 23.2 Å². The van der Waals surface area contributed by atoms with E-state index in [2.05, 4.69) is 15.4 Å². The van der Waals surface area contributed by atoms with Crippen LogP contribution in [0.3, 0.4) is 0 Å². The molecular formula is C14H16N6O3. The van der Waals surface area contributed by atoms with E-state index < -0.39 is 11.0 Å². The molecule has 1 aliphatic heterocycles. The first kappa shape index (κ1) is 14.9. The summed E-state index contributed by atoms with van der Waals surface area (Å²) in [5.74, 6) is 0.680. The van der Waals surface area contributed by atoms with Gasteiger partial charge in [-0.05, 0) is 19.4 Å². The second-order valence-electron chi connectivity index (χ2n) is 5.37. The van der Waals surface area contributed by atoms with Gasteiger partial charge in [-0.15, -0.1) is 0 Å². The first-order chi connectivity index (χ1) is 11.0. The molecule has 9 heteroatoms. The van der Waals surface area contributed by atoms with Crippen molar-refractivity contribution in [1.29, 1.82) is 0 Å². The number of aryl methyl sites for hydroxylation is 2. The van der Waals surface area contributed by atoms with Crippen LogP contribution in [-0.2, 0) is 11.8 Å². The smallest absolute Gasteiger partial charge is 0.311 e. The van der Waals surface area contributed by atoms with Crippen LogP contribution in [0.15, 0.2) is 24.4 Å². The second-order valence-corrected chi connectivity index (χ2v) is 5.37. The summed E-state index contributed by atoms with van der Waals surface area (Å²) in [6.45, 7) is 2.38. The van der Waals surface area contributed by atoms with E-state index in [1.54, 1.807) is 16.6 Å². The Morgan fingerprint density at radius 3 is 2.91 bits per heavy atom. The zero-order valence-corrected chi connectivity index (χ0v) is 12.8. The van der Waals surface area contributed by atoms with Crippen LogP contribution in [-0.4, -0.2) is 38.2 Å². The van der Waals surface area contributed by atoms with Crippen LogP contribution in [0.4, 0.5) is 17.3 Å². The SMILES string of the molecule is Cc1cc(N2CC[C@@H](Nc3ncccc3[N+](=O)[O-])C2=O)n(C)n1. The first-order valence-electron chi connectivity index (χ1n) is 7.15. The Morgan fingerprint density at radius 2 is 2.26 bits per heavy atom. The molecule has 1 atom stereocenters. The fourth-order valence-corrected chi connectivity index (χ4v) is 2.71. The van der Waals surface area contributed by atoms with Crippen LogP contribution in [0.2, 0.25) is 0 Å². The zero-order valence-electron chi connectivity index (χ0n) is 12.8. The van der Waals surface area contributed by atoms with Gasteiger partial charge in [0.05, 0.1) is 10.6 Å². The number of hydrogen-bond acceptors (Lipinski definition) is 6. The van der Waals surface area contributed by atoms with Crippen LogP contribution >= 0.6 is 0 Å². The molecule has 1 aliphatic rings. The Morgan fingerprint density at radius 1 is 1.48 bits per heavy atom. The molecule has 0 aromatic carbocycles. The number of nitrogens with one attached hydrogen (secondary N) is 1. The summed E-state index contributed by atoms with van der Waals surface area (Å²) >= 11 is 0. The van der Waals surface area contributed by atoms with Crippen molar-refractivity contribution in [3.63, 3.8) is 0 Å². The monoisotopic (exact) mass is 316 g/mol. The molecule has 9 nitrogen and oxygen atoms in total. The molecule has 0 spiro atoms. The number of hydrogen-bond donors (Lipinski definition) is 1. The average Bonchev–Trinajstić information content (AvgIpc) is 3.02. The molecule has 0 unspecified atom stereocenters. The van der Waals surface area contributed by atoms with Gasteiger partial charge in [0.1, 0.15) is 11.9 Å². The fourth-order valence-electron chi connectivity index (χ4n) is 2.71. The average molecular weight is 316 g/mol. The standard InChI is InChI=1S/C14H16N6O3/c1-9-8-12(18(2)17-9)19-7-5-10(14(19)21)16-13-11(20(22)23)4-3-6-15-13/h3-4,6,8,10H,5,7H2,1-2H3,(H,15,16)/t10-/m1/s1. The molecule has 0 bridgehead atoms. The van der Waals surface area contributed by atoms with E-state index in [-0.39, 0.29) is 17.4 Å². The Kier molecular flexibility index (Phi) is 3.68. The van der Waals surface area contributed by atoms with Crippen molar-refractivity contribution in [3.8, 4) is 0 Å². The van der Waals surface area contributed by atoms with Gasteiger partial charge in [0, 0.05) is 31.9 Å². The topological polar surface area (TPSA) is 106 Å². The van der Waals surface area contributed by atoms with E-state index in [4.69, 9.17) is 0 Å². The van der Waals surface area contributed by atoms with E-state index in [0.29, 0.717) is 18.8 Å². The van der Waals surface area contributed by atoms with Crippen molar-refractivity contribution in [2.75, 3.05) is 16.8 Å². The molecular weight excluding hydrogens is 300 g/mol. The van der Waals surface area contributed by atoms with Gasteiger partial charge in [0.2, 0.25) is 5.82 Å². The third kappa shape index (κ3) is 2.72. The van der Waals surface area contributed by atoms with E-state index in [1.807, 2.05) is 13.0 Å². The number of nitro groups is 1. The lowest BCUT2D eigenvalue weighted by Gasteiger charge is -2.17. The fraction of sp³-hybridized carbons (Fsp3) is 0.357. The summed E-state index contributed by atoms with van der Waals surface area (Å²) in [4.78, 5) is 28.7. The molecule has 120 valence electrons. The van der Waals surface area contributed by atoms with Gasteiger partial charge in [0.25, 0.3) is 5.91 Å². The minimum absolute atomic E-state index is 0.110. The van der Waals surface area contributed by atoms with Gasteiger partial charge >= 0.3 is 5.69 Å². The zero-order chi connectivity index (χ0) is 16.6. The Bertz CT molecular complexity index is 772. The van der Waals surface area contributed by atoms with Crippen molar-refractivity contribution in [3.05, 3.63) is 40.2 Å². The van der Waals surface area contributed by atoms with E-state index in [9.17, 15) is 14.9 Å². The Hall–Kier alpha value is -2.97. The molecule has 3 rings (SSSR count). The number of carbonyl (C=O) groups excluding carboxylic acids is 1. The maximum absolute atomic E-state index is 12.6. The lowest BCUT2D eigenvalue weighted by atomic mass is 10.2. The molecule has 1 N–H and O–H groups in total. The number of pyridine rings is 1. The maximum Gasteiger partial charge on any atom is 0.311 e. The molecule has 2 aromatic rings. The van der Waals surface area contributed by atoms with E-state index in [0.717, 1.165) is 5.69 Å². The molecule has 23 heavy (non-hydrogen) atoms. The lowest BCUT2D eigenvalue weighted by Crippen LogP contribution is -2.34. The van der Waals surface area contributed by atoms with E-state index >= 15 is 0 Å². The molecule has 0 saturated carbocycles. The number of amides is 1. The van der Waals surface area contributed by atoms with Crippen LogP contribution < -0.4 is 10.2 Å². The number of anilines is 2. The van der Waals surface area contributed by atoms with Gasteiger partial charge in [-0.2, -0.15) is 5.10 Å². The summed E-state index contributed by atoms with van der Waals surface area (Å²) in [7, 11) is 1.78. The molecule has 1 fully saturated rings. The Balaban J connectivity index is 1.80. The minimum atomic E-state index is -0.543. The summed E-state index contributed by atoms with van der Waals surface area (Å²) in [6.07, 6.45) is 1.99. The summed E-state index contributed by atoms with van der Waals surface area (Å²) in [5, 5.41) is 18.2. The lowest BCUT2D eigenvalue weighted by molar-refractivity contribution is -0.384. The predicted molar refractivity (Wildman–Crippen MR) is 83.2 cm³/mol. The van der Waals surface area contributed by atoms with Crippen molar-refractivity contribution < 1.29 is 9.72 Å². The highest BCUT2D eigenvalue weighted by Gasteiger charge is 2.35. The van der Waals surface area contributed by atoms with E-state index in [1.165, 1.54) is 18.3 Å². The third-order valence-corrected chi connectivity index (χ3v) is 3.75. The van der Waals surface area contributed by atoms with Gasteiger partial charge < -0.3 is 5.32 Å². The summed E-state index contributed by atoms with van der Waals surface area (Å²) in [6, 6.07) is 4.14. The minimum Gasteiger partial charge on any atom is -0.353 e. The highest BCUT2D eigenvalue weighted by Crippen LogP contribution is 2.26. The number of nitrogens with zero attached hydrogens (tertiary/aromatic N) is 5. The maximum atomic E-state index is 12.6. The second kappa shape index (κ2) is 5.67. The third-order valence-electron chi connectivity index (χ3n) is 3.75. The molecule has 2 aromatic heterocycles. The summed E-state index contributed by atoms with van der Waals surface area (Å²) in [5.41, 5.74) is 0.683. The highest BCUT2D eigenvalue weighted by molar-refractivity contribution is 6.00. The van der Waals surface area contributed by atoms with Crippen LogP contribution in [0, 0.1) is 17.0 Å². The van der Waals surface area contributed by atoms with Gasteiger partial charge in [-0.3, -0.25) is 24.5 Å². The molecule has 0 aliphatic carbocycles. The molecule has 1 amide bonds. The van der Waals surface area contributed by atoms with Crippen molar-refractivity contribution in [1.82, 2.24) is 14.8 Å². The normalized spacial score (nSPS) is 17.6. The number of aromatic nitrogens is 3. The number of rotatable bonds is 4. The van der Waals surface area contributed by atoms with Gasteiger partial charge in [0.15, 0.2) is 0 Å². The van der Waals surface area contributed by atoms with Crippen LogP contribution in [0.5, 0.6) is 0 Å². The molecule has 1 saturated heterocycles. The number of carbonyl (C=O) groups is 1. The van der Waals surface area contributed by atoms with Gasteiger partial charge in [-0.25, -0.2) is 4.98 Å². The van der Waals surface area contributed by atoms with Gasteiger partial charge in [-0.1, -0.05) is 0 Å². The van der Waals surface area contributed by atoms with Crippen LogP contribution in [0.1, 0.15) is 12.1 Å². The van der Waals surface area contributed by atoms with Crippen molar-refractivity contribution in [2.45, 2.75) is 19.4 Å².